The van der Waals surface area contributed by atoms with Gasteiger partial charge in [0.15, 0.2) is 0 Å². The Morgan fingerprint density at radius 3 is 2.57 bits per heavy atom. The molecule has 0 spiro atoms. The topological polar surface area (TPSA) is 73.2 Å². The molecule has 0 aliphatic carbocycles. The second-order valence-corrected chi connectivity index (χ2v) is 7.47. The number of aryl methyl sites for hydroxylation is 1. The van der Waals surface area contributed by atoms with Crippen molar-refractivity contribution >= 4 is 23.2 Å². The van der Waals surface area contributed by atoms with Crippen molar-refractivity contribution in [2.75, 3.05) is 7.11 Å². The molecule has 3 rings (SSSR count). The minimum atomic E-state index is -0.398. The minimum Gasteiger partial charge on any atom is -0.469 e. The van der Waals surface area contributed by atoms with Crippen LogP contribution in [0.2, 0.25) is 0 Å². The van der Waals surface area contributed by atoms with E-state index in [1.165, 1.54) is 18.4 Å². The molecule has 0 radical (unpaired) electrons. The van der Waals surface area contributed by atoms with Crippen molar-refractivity contribution in [1.82, 2.24) is 15.1 Å². The van der Waals surface area contributed by atoms with Crippen molar-refractivity contribution in [2.24, 2.45) is 0 Å². The van der Waals surface area contributed by atoms with Crippen LogP contribution in [0, 0.1) is 13.8 Å². The van der Waals surface area contributed by atoms with Gasteiger partial charge in [-0.05, 0) is 37.4 Å². The number of aromatic nitrogens is 2. The first-order valence-electron chi connectivity index (χ1n) is 8.99. The van der Waals surface area contributed by atoms with Crippen LogP contribution in [0.4, 0.5) is 0 Å². The summed E-state index contributed by atoms with van der Waals surface area (Å²) in [5.41, 5.74) is 3.60. The number of hydrogen-bond acceptors (Lipinski definition) is 5. The normalized spacial score (nSPS) is 11.8. The zero-order chi connectivity index (χ0) is 20.1. The SMILES string of the molecule is COC(=O)CC(NC(=O)Cc1c(C)nn(-c2ccccc2)c1C)c1cccs1. The van der Waals surface area contributed by atoms with Crippen LogP contribution in [-0.2, 0) is 20.7 Å². The van der Waals surface area contributed by atoms with Crippen molar-refractivity contribution in [1.29, 1.82) is 0 Å². The van der Waals surface area contributed by atoms with Crippen LogP contribution in [0.15, 0.2) is 47.8 Å². The van der Waals surface area contributed by atoms with Crippen LogP contribution in [0.25, 0.3) is 5.69 Å². The first-order chi connectivity index (χ1) is 13.5. The number of nitrogens with one attached hydrogen (secondary N) is 1. The lowest BCUT2D eigenvalue weighted by molar-refractivity contribution is -0.141. The van der Waals surface area contributed by atoms with Gasteiger partial charge in [-0.2, -0.15) is 5.10 Å². The Balaban J connectivity index is 1.77. The number of carbonyl (C=O) groups excluding carboxylic acids is 2. The number of ether oxygens (including phenoxy) is 1. The van der Waals surface area contributed by atoms with Gasteiger partial charge in [0.25, 0.3) is 0 Å². The maximum absolute atomic E-state index is 12.7. The standard InChI is InChI=1S/C21H23N3O3S/c1-14-17(15(2)24(23-14)16-8-5-4-6-9-16)12-20(25)22-18(13-21(26)27-3)19-10-7-11-28-19/h4-11,18H,12-13H2,1-3H3,(H,22,25). The molecule has 3 aromatic rings. The summed E-state index contributed by atoms with van der Waals surface area (Å²) in [7, 11) is 1.35. The van der Waals surface area contributed by atoms with E-state index >= 15 is 0 Å². The number of methoxy groups -OCH3 is 1. The van der Waals surface area contributed by atoms with Crippen LogP contribution in [0.1, 0.15) is 34.3 Å². The predicted octanol–water partition coefficient (Wildman–Crippen LogP) is 3.51. The third-order valence-corrected chi connectivity index (χ3v) is 5.59. The van der Waals surface area contributed by atoms with E-state index in [1.54, 1.807) is 0 Å². The number of esters is 1. The number of amides is 1. The Labute approximate surface area is 168 Å². The predicted molar refractivity (Wildman–Crippen MR) is 109 cm³/mol. The molecular formula is C21H23N3O3S. The number of carbonyl (C=O) groups is 2. The fourth-order valence-electron chi connectivity index (χ4n) is 3.12. The minimum absolute atomic E-state index is 0.101. The van der Waals surface area contributed by atoms with E-state index in [1.807, 2.05) is 66.4 Å². The number of rotatable bonds is 7. The molecule has 1 unspecified atom stereocenters. The molecule has 2 aromatic heterocycles. The fraction of sp³-hybridized carbons (Fsp3) is 0.286. The fourth-order valence-corrected chi connectivity index (χ4v) is 3.90. The van der Waals surface area contributed by atoms with E-state index in [9.17, 15) is 9.59 Å². The number of para-hydroxylation sites is 1. The van der Waals surface area contributed by atoms with Crippen molar-refractivity contribution in [3.63, 3.8) is 0 Å². The highest BCUT2D eigenvalue weighted by Gasteiger charge is 2.22. The molecule has 1 atom stereocenters. The van der Waals surface area contributed by atoms with Gasteiger partial charge in [0.2, 0.25) is 5.91 Å². The molecule has 0 aliphatic heterocycles. The van der Waals surface area contributed by atoms with E-state index in [-0.39, 0.29) is 24.7 Å². The number of hydrogen-bond donors (Lipinski definition) is 1. The molecule has 1 amide bonds. The van der Waals surface area contributed by atoms with Crippen LogP contribution in [-0.4, -0.2) is 28.8 Å². The summed E-state index contributed by atoms with van der Waals surface area (Å²) in [5.74, 6) is -0.510. The summed E-state index contributed by atoms with van der Waals surface area (Å²) < 4.78 is 6.62. The van der Waals surface area contributed by atoms with Gasteiger partial charge in [-0.15, -0.1) is 11.3 Å². The van der Waals surface area contributed by atoms with Gasteiger partial charge in [-0.3, -0.25) is 9.59 Å². The van der Waals surface area contributed by atoms with Crippen molar-refractivity contribution in [2.45, 2.75) is 32.7 Å². The Hall–Kier alpha value is -2.93. The van der Waals surface area contributed by atoms with E-state index in [4.69, 9.17) is 4.74 Å². The third-order valence-electron chi connectivity index (χ3n) is 4.60. The van der Waals surface area contributed by atoms with Gasteiger partial charge in [0.1, 0.15) is 0 Å². The van der Waals surface area contributed by atoms with Gasteiger partial charge in [-0.25, -0.2) is 4.68 Å². The first-order valence-corrected chi connectivity index (χ1v) is 9.87. The van der Waals surface area contributed by atoms with E-state index in [0.29, 0.717) is 0 Å². The molecule has 1 N–H and O–H groups in total. The molecule has 28 heavy (non-hydrogen) atoms. The quantitative estimate of drug-likeness (QED) is 0.619. The van der Waals surface area contributed by atoms with Gasteiger partial charge in [-0.1, -0.05) is 24.3 Å². The van der Waals surface area contributed by atoms with Crippen LogP contribution in [0.3, 0.4) is 0 Å². The third kappa shape index (κ3) is 4.48. The molecule has 2 heterocycles. The molecule has 1 aromatic carbocycles. The van der Waals surface area contributed by atoms with Crippen LogP contribution < -0.4 is 5.32 Å². The molecule has 0 fully saturated rings. The van der Waals surface area contributed by atoms with Gasteiger partial charge in [0, 0.05) is 16.1 Å². The second kappa shape index (κ2) is 8.84. The Morgan fingerprint density at radius 2 is 1.93 bits per heavy atom. The first kappa shape index (κ1) is 19.8. The monoisotopic (exact) mass is 397 g/mol. The largest absolute Gasteiger partial charge is 0.469 e. The zero-order valence-electron chi connectivity index (χ0n) is 16.1. The van der Waals surface area contributed by atoms with E-state index in [0.717, 1.165) is 27.5 Å². The molecule has 0 saturated carbocycles. The highest BCUT2D eigenvalue weighted by molar-refractivity contribution is 7.10. The lowest BCUT2D eigenvalue weighted by Crippen LogP contribution is -2.31. The molecule has 6 nitrogen and oxygen atoms in total. The maximum Gasteiger partial charge on any atom is 0.307 e. The summed E-state index contributed by atoms with van der Waals surface area (Å²) in [5, 5.41) is 9.48. The average molecular weight is 398 g/mol. The molecule has 0 saturated heterocycles. The maximum atomic E-state index is 12.7. The highest BCUT2D eigenvalue weighted by Crippen LogP contribution is 2.23. The zero-order valence-corrected chi connectivity index (χ0v) is 17.0. The number of benzene rings is 1. The molecular weight excluding hydrogens is 374 g/mol. The lowest BCUT2D eigenvalue weighted by atomic mass is 10.1. The van der Waals surface area contributed by atoms with Crippen LogP contribution in [0.5, 0.6) is 0 Å². The second-order valence-electron chi connectivity index (χ2n) is 6.49. The summed E-state index contributed by atoms with van der Waals surface area (Å²) in [6, 6.07) is 13.2. The molecule has 7 heteroatoms. The van der Waals surface area contributed by atoms with Gasteiger partial charge < -0.3 is 10.1 Å². The van der Waals surface area contributed by atoms with Crippen molar-refractivity contribution in [3.8, 4) is 5.69 Å². The van der Waals surface area contributed by atoms with E-state index in [2.05, 4.69) is 10.4 Å². The van der Waals surface area contributed by atoms with Crippen LogP contribution >= 0.6 is 11.3 Å². The highest BCUT2D eigenvalue weighted by atomic mass is 32.1. The molecule has 0 aliphatic rings. The summed E-state index contributed by atoms with van der Waals surface area (Å²) >= 11 is 1.50. The Kier molecular flexibility index (Phi) is 6.26. The Morgan fingerprint density at radius 1 is 1.18 bits per heavy atom. The van der Waals surface area contributed by atoms with Gasteiger partial charge >= 0.3 is 5.97 Å². The summed E-state index contributed by atoms with van der Waals surface area (Å²) in [4.78, 5) is 25.4. The van der Waals surface area contributed by atoms with Gasteiger partial charge in [0.05, 0.1) is 37.4 Å². The molecule has 0 bridgehead atoms. The Bertz CT molecular complexity index is 949. The van der Waals surface area contributed by atoms with Crippen molar-refractivity contribution in [3.05, 3.63) is 69.7 Å². The lowest BCUT2D eigenvalue weighted by Gasteiger charge is -2.16. The van der Waals surface area contributed by atoms with Crippen molar-refractivity contribution < 1.29 is 14.3 Å². The van der Waals surface area contributed by atoms with E-state index < -0.39 is 6.04 Å². The number of thiophene rings is 1. The summed E-state index contributed by atoms with van der Waals surface area (Å²) in [6.45, 7) is 3.86. The smallest absolute Gasteiger partial charge is 0.307 e. The molecule has 146 valence electrons. The number of nitrogens with zero attached hydrogens (tertiary/aromatic N) is 2. The summed E-state index contributed by atoms with van der Waals surface area (Å²) in [6.07, 6.45) is 0.303. The average Bonchev–Trinajstić information content (AvgIpc) is 3.32.